The van der Waals surface area contributed by atoms with Gasteiger partial charge in [-0.2, -0.15) is 0 Å². The van der Waals surface area contributed by atoms with Crippen molar-refractivity contribution in [2.75, 3.05) is 6.61 Å². The van der Waals surface area contributed by atoms with E-state index in [2.05, 4.69) is 6.58 Å². The molecule has 0 saturated carbocycles. The standard InChI is InChI=1S/C11H11O4.C5H5.Fe/c1-3-10(12)15-9-7-5-6-8(9)11(13)14-4-2;1-2-4-5-3-1;/h3,5-7H,1,4H2,2H3;1-5H;/q-1;-5;. The van der Waals surface area contributed by atoms with E-state index in [1.807, 2.05) is 30.3 Å². The molecule has 0 atom stereocenters. The molecule has 0 N–H and O–H groups in total. The summed E-state index contributed by atoms with van der Waals surface area (Å²) >= 11 is 0. The van der Waals surface area contributed by atoms with E-state index in [1.165, 1.54) is 12.1 Å². The van der Waals surface area contributed by atoms with Crippen molar-refractivity contribution in [3.8, 4) is 5.75 Å². The van der Waals surface area contributed by atoms with E-state index >= 15 is 0 Å². The van der Waals surface area contributed by atoms with Gasteiger partial charge in [0.2, 0.25) is 0 Å². The maximum Gasteiger partial charge on any atom is 0.273 e. The summed E-state index contributed by atoms with van der Waals surface area (Å²) in [6, 6.07) is 14.7. The van der Waals surface area contributed by atoms with Crippen LogP contribution in [-0.4, -0.2) is 18.5 Å². The molecule has 2 aromatic rings. The van der Waals surface area contributed by atoms with Gasteiger partial charge in [-0.3, -0.25) is 9.59 Å². The Labute approximate surface area is 134 Å². The van der Waals surface area contributed by atoms with Gasteiger partial charge < -0.3 is 39.8 Å². The number of hydrogen-bond acceptors (Lipinski definition) is 4. The van der Waals surface area contributed by atoms with Crippen LogP contribution in [0.25, 0.3) is 0 Å². The summed E-state index contributed by atoms with van der Waals surface area (Å²) in [7, 11) is 0. The maximum absolute atomic E-state index is 11.4. The fourth-order valence-electron chi connectivity index (χ4n) is 1.34. The van der Waals surface area contributed by atoms with Crippen LogP contribution in [0.15, 0.2) is 61.2 Å². The van der Waals surface area contributed by atoms with Crippen molar-refractivity contribution in [3.63, 3.8) is 0 Å². The predicted octanol–water partition coefficient (Wildman–Crippen LogP) is 3.08. The summed E-state index contributed by atoms with van der Waals surface area (Å²) in [4.78, 5) is 22.3. The van der Waals surface area contributed by atoms with Gasteiger partial charge in [-0.15, -0.1) is 12.1 Å². The van der Waals surface area contributed by atoms with Gasteiger partial charge in [0, 0.05) is 17.1 Å². The molecule has 0 aliphatic rings. The minimum atomic E-state index is -0.605. The molecule has 0 aliphatic carbocycles. The quantitative estimate of drug-likeness (QED) is 0.375. The molecule has 5 heteroatoms. The van der Waals surface area contributed by atoms with Crippen LogP contribution < -0.4 is 4.74 Å². The molecule has 0 spiro atoms. The van der Waals surface area contributed by atoms with Gasteiger partial charge in [0.25, 0.3) is 11.9 Å². The summed E-state index contributed by atoms with van der Waals surface area (Å²) in [6.07, 6.45) is 1.03. The summed E-state index contributed by atoms with van der Waals surface area (Å²) in [5, 5.41) is 0. The molecular formula is C16H16FeO4-6. The monoisotopic (exact) mass is 328 g/mol. The average Bonchev–Trinajstić information content (AvgIpc) is 3.13. The average molecular weight is 328 g/mol. The zero-order valence-electron chi connectivity index (χ0n) is 11.6. The number of rotatable bonds is 4. The van der Waals surface area contributed by atoms with E-state index in [0.717, 1.165) is 6.08 Å². The van der Waals surface area contributed by atoms with Crippen LogP contribution in [0.1, 0.15) is 17.3 Å². The Morgan fingerprint density at radius 1 is 1.29 bits per heavy atom. The molecule has 118 valence electrons. The van der Waals surface area contributed by atoms with Gasteiger partial charge in [0.05, 0.1) is 12.4 Å². The second-order valence-corrected chi connectivity index (χ2v) is 3.61. The number of ether oxygens (including phenoxy) is 2. The van der Waals surface area contributed by atoms with Crippen molar-refractivity contribution in [2.45, 2.75) is 6.92 Å². The first-order valence-electron chi connectivity index (χ1n) is 6.12. The van der Waals surface area contributed by atoms with Crippen molar-refractivity contribution in [1.82, 2.24) is 0 Å². The van der Waals surface area contributed by atoms with Gasteiger partial charge in [-0.1, -0.05) is 12.6 Å². The first kappa shape index (κ1) is 18.9. The van der Waals surface area contributed by atoms with Gasteiger partial charge in [0.15, 0.2) is 0 Å². The van der Waals surface area contributed by atoms with Crippen molar-refractivity contribution in [2.24, 2.45) is 0 Å². The van der Waals surface area contributed by atoms with Crippen LogP contribution in [0, 0.1) is 0 Å². The molecule has 21 heavy (non-hydrogen) atoms. The van der Waals surface area contributed by atoms with Crippen molar-refractivity contribution >= 4 is 11.9 Å². The Morgan fingerprint density at radius 2 is 1.86 bits per heavy atom. The van der Waals surface area contributed by atoms with E-state index in [1.54, 1.807) is 13.0 Å². The van der Waals surface area contributed by atoms with Crippen LogP contribution >= 0.6 is 0 Å². The van der Waals surface area contributed by atoms with Crippen LogP contribution in [0.3, 0.4) is 0 Å². The molecule has 2 aromatic carbocycles. The molecule has 0 unspecified atom stereocenters. The summed E-state index contributed by atoms with van der Waals surface area (Å²) in [5.74, 6) is -0.917. The van der Waals surface area contributed by atoms with Crippen LogP contribution in [0.5, 0.6) is 5.75 Å². The second-order valence-electron chi connectivity index (χ2n) is 3.61. The van der Waals surface area contributed by atoms with Gasteiger partial charge in [-0.05, 0) is 18.6 Å². The number of hydrogen-bond donors (Lipinski definition) is 0. The fraction of sp³-hybridized carbons (Fsp3) is 0.125. The van der Waals surface area contributed by atoms with Crippen molar-refractivity contribution in [3.05, 3.63) is 66.7 Å². The zero-order valence-corrected chi connectivity index (χ0v) is 12.7. The van der Waals surface area contributed by atoms with Crippen LogP contribution in [0.4, 0.5) is 0 Å². The van der Waals surface area contributed by atoms with Gasteiger partial charge in [-0.25, -0.2) is 0 Å². The van der Waals surface area contributed by atoms with E-state index in [9.17, 15) is 9.59 Å². The number of carbonyl (C=O) groups excluding carboxylic acids is 2. The third-order valence-corrected chi connectivity index (χ3v) is 2.20. The first-order chi connectivity index (χ1) is 9.69. The minimum Gasteiger partial charge on any atom is -0.748 e. The molecule has 0 aromatic heterocycles. The van der Waals surface area contributed by atoms with Crippen LogP contribution in [0.2, 0.25) is 0 Å². The van der Waals surface area contributed by atoms with Gasteiger partial charge in [0.1, 0.15) is 0 Å². The zero-order chi connectivity index (χ0) is 14.8. The Balaban J connectivity index is 0.000000562. The normalized spacial score (nSPS) is 8.62. The Bertz CT molecular complexity index is 523. The Morgan fingerprint density at radius 3 is 2.33 bits per heavy atom. The molecule has 0 bridgehead atoms. The summed E-state index contributed by atoms with van der Waals surface area (Å²) in [6.45, 7) is 5.24. The second kappa shape index (κ2) is 10.7. The van der Waals surface area contributed by atoms with E-state index in [0.29, 0.717) is 0 Å². The van der Waals surface area contributed by atoms with E-state index < -0.39 is 11.9 Å². The van der Waals surface area contributed by atoms with E-state index in [-0.39, 0.29) is 35.0 Å². The topological polar surface area (TPSA) is 52.6 Å². The fourth-order valence-corrected chi connectivity index (χ4v) is 1.34. The van der Waals surface area contributed by atoms with Crippen molar-refractivity contribution < 1.29 is 36.1 Å². The SMILES string of the molecule is C=CC(=O)O[c-]1cccc1C(=O)OCC.[Fe].[cH-]1[cH-][cH-][cH-][cH-]1. The molecule has 0 amide bonds. The largest absolute Gasteiger partial charge is 0.748 e. The van der Waals surface area contributed by atoms with E-state index in [4.69, 9.17) is 9.47 Å². The number of carbonyl (C=O) groups is 2. The predicted molar refractivity (Wildman–Crippen MR) is 75.9 cm³/mol. The molecule has 2 rings (SSSR count). The molecule has 0 saturated heterocycles. The van der Waals surface area contributed by atoms with Crippen molar-refractivity contribution in [1.29, 1.82) is 0 Å². The van der Waals surface area contributed by atoms with Gasteiger partial charge >= 0.3 is 0 Å². The summed E-state index contributed by atoms with van der Waals surface area (Å²) < 4.78 is 9.63. The molecule has 0 fully saturated rings. The molecular weight excluding hydrogens is 312 g/mol. The molecule has 4 nitrogen and oxygen atoms in total. The third kappa shape index (κ3) is 6.75. The minimum absolute atomic E-state index is 0. The molecule has 0 aliphatic heterocycles. The first-order valence-corrected chi connectivity index (χ1v) is 6.12. The van der Waals surface area contributed by atoms with Crippen LogP contribution in [-0.2, 0) is 26.6 Å². The summed E-state index contributed by atoms with van der Waals surface area (Å²) in [5.41, 5.74) is 0.243. The molecule has 0 radical (unpaired) electrons. The molecule has 0 heterocycles. The smallest absolute Gasteiger partial charge is 0.273 e. The third-order valence-electron chi connectivity index (χ3n) is 2.20. The Kier molecular flexibility index (Phi) is 9.59. The Hall–Kier alpha value is -2.10. The maximum atomic E-state index is 11.4. The number of esters is 2.